The molecule has 202 valence electrons. The molecule has 0 saturated heterocycles. The molecular weight excluding hydrogens is 502 g/mol. The Morgan fingerprint density at radius 1 is 0.872 bits per heavy atom. The van der Waals surface area contributed by atoms with Crippen LogP contribution in [-0.2, 0) is 24.3 Å². The summed E-state index contributed by atoms with van der Waals surface area (Å²) in [6.07, 6.45) is 1.20. The van der Waals surface area contributed by atoms with Crippen molar-refractivity contribution in [1.82, 2.24) is 19.9 Å². The van der Waals surface area contributed by atoms with Gasteiger partial charge < -0.3 is 35.1 Å². The fourth-order valence-electron chi connectivity index (χ4n) is 3.43. The largest absolute Gasteiger partial charge is 0.480 e. The Hall–Kier alpha value is -5.13. The lowest BCUT2D eigenvalue weighted by Crippen LogP contribution is -2.32. The van der Waals surface area contributed by atoms with E-state index in [-0.39, 0.29) is 24.3 Å². The number of hydrogen-bond acceptors (Lipinski definition) is 10. The molecule has 4 rings (SSSR count). The summed E-state index contributed by atoms with van der Waals surface area (Å²) in [5.74, 6) is 0.571. The number of hydrogen-bond donors (Lipinski definition) is 4. The van der Waals surface area contributed by atoms with Gasteiger partial charge in [-0.25, -0.2) is 9.59 Å². The lowest BCUT2D eigenvalue weighted by Gasteiger charge is -2.16. The van der Waals surface area contributed by atoms with E-state index in [4.69, 9.17) is 9.15 Å². The SMILES string of the molecule is CN(C)C(=O)Oc1ccc(C[C@H](Nc2nc(NCc3ccccc3)nc(NCc3ccco3)n2)C(=O)O)cc1. The molecule has 0 fully saturated rings. The van der Waals surface area contributed by atoms with Crippen LogP contribution < -0.4 is 20.7 Å². The molecule has 4 N–H and O–H groups in total. The minimum absolute atomic E-state index is 0.0893. The molecule has 1 amide bonds. The Morgan fingerprint density at radius 2 is 1.54 bits per heavy atom. The molecule has 39 heavy (non-hydrogen) atoms. The second-order valence-electron chi connectivity index (χ2n) is 8.72. The van der Waals surface area contributed by atoms with E-state index in [0.29, 0.717) is 30.2 Å². The molecule has 1 atom stereocenters. The highest BCUT2D eigenvalue weighted by Gasteiger charge is 2.20. The molecule has 0 spiro atoms. The topological polar surface area (TPSA) is 155 Å². The van der Waals surface area contributed by atoms with Gasteiger partial charge in [0.1, 0.15) is 17.6 Å². The summed E-state index contributed by atoms with van der Waals surface area (Å²) in [7, 11) is 3.17. The van der Waals surface area contributed by atoms with Gasteiger partial charge in [-0.05, 0) is 35.4 Å². The van der Waals surface area contributed by atoms with E-state index in [2.05, 4.69) is 30.9 Å². The van der Waals surface area contributed by atoms with Crippen molar-refractivity contribution in [3.05, 3.63) is 89.9 Å². The first-order valence-corrected chi connectivity index (χ1v) is 12.1. The summed E-state index contributed by atoms with van der Waals surface area (Å²) in [5.41, 5.74) is 1.74. The zero-order chi connectivity index (χ0) is 27.6. The van der Waals surface area contributed by atoms with E-state index in [0.717, 1.165) is 5.56 Å². The van der Waals surface area contributed by atoms with Gasteiger partial charge >= 0.3 is 12.1 Å². The number of carbonyl (C=O) groups excluding carboxylic acids is 1. The van der Waals surface area contributed by atoms with Gasteiger partial charge in [0.05, 0.1) is 12.8 Å². The summed E-state index contributed by atoms with van der Waals surface area (Å²) in [6, 6.07) is 18.9. The minimum Gasteiger partial charge on any atom is -0.480 e. The Bertz CT molecular complexity index is 1360. The number of carboxylic acid groups (broad SMARTS) is 1. The molecular formula is C27H29N7O5. The van der Waals surface area contributed by atoms with Crippen LogP contribution >= 0.6 is 0 Å². The van der Waals surface area contributed by atoms with Crippen molar-refractivity contribution in [2.45, 2.75) is 25.6 Å². The van der Waals surface area contributed by atoms with Crippen LogP contribution in [0.15, 0.2) is 77.4 Å². The number of furan rings is 1. The quantitative estimate of drug-likeness (QED) is 0.211. The molecule has 2 heterocycles. The van der Waals surface area contributed by atoms with Crippen molar-refractivity contribution in [2.24, 2.45) is 0 Å². The average Bonchev–Trinajstić information content (AvgIpc) is 3.46. The van der Waals surface area contributed by atoms with Crippen molar-refractivity contribution in [1.29, 1.82) is 0 Å². The van der Waals surface area contributed by atoms with Crippen molar-refractivity contribution < 1.29 is 23.8 Å². The maximum absolute atomic E-state index is 12.1. The number of benzene rings is 2. The summed E-state index contributed by atoms with van der Waals surface area (Å²) >= 11 is 0. The molecule has 0 aliphatic carbocycles. The smallest absolute Gasteiger partial charge is 0.414 e. The third-order valence-electron chi connectivity index (χ3n) is 5.46. The second-order valence-corrected chi connectivity index (χ2v) is 8.72. The van der Waals surface area contributed by atoms with Crippen molar-refractivity contribution >= 4 is 29.9 Å². The van der Waals surface area contributed by atoms with Gasteiger partial charge in [-0.1, -0.05) is 42.5 Å². The predicted molar refractivity (Wildman–Crippen MR) is 145 cm³/mol. The zero-order valence-electron chi connectivity index (χ0n) is 21.5. The molecule has 0 aliphatic heterocycles. The molecule has 2 aromatic heterocycles. The van der Waals surface area contributed by atoms with Gasteiger partial charge in [0.25, 0.3) is 0 Å². The van der Waals surface area contributed by atoms with Crippen molar-refractivity contribution in [3.8, 4) is 5.75 Å². The maximum atomic E-state index is 12.1. The molecule has 0 radical (unpaired) electrons. The first-order chi connectivity index (χ1) is 18.9. The first kappa shape index (κ1) is 26.9. The Labute approximate surface area is 225 Å². The third-order valence-corrected chi connectivity index (χ3v) is 5.46. The highest BCUT2D eigenvalue weighted by Crippen LogP contribution is 2.17. The number of ether oxygens (including phenoxy) is 1. The first-order valence-electron chi connectivity index (χ1n) is 12.1. The minimum atomic E-state index is -1.08. The summed E-state index contributed by atoms with van der Waals surface area (Å²) in [6.45, 7) is 0.802. The van der Waals surface area contributed by atoms with E-state index in [1.807, 2.05) is 36.4 Å². The third kappa shape index (κ3) is 8.18. The van der Waals surface area contributed by atoms with Crippen LogP contribution in [0.4, 0.5) is 22.6 Å². The molecule has 0 bridgehead atoms. The van der Waals surface area contributed by atoms with Crippen LogP contribution in [0.25, 0.3) is 0 Å². The normalized spacial score (nSPS) is 11.3. The number of amides is 1. The van der Waals surface area contributed by atoms with E-state index in [9.17, 15) is 14.7 Å². The second kappa shape index (κ2) is 12.9. The monoisotopic (exact) mass is 531 g/mol. The molecule has 12 heteroatoms. The molecule has 12 nitrogen and oxygen atoms in total. The number of anilines is 3. The van der Waals surface area contributed by atoms with E-state index in [1.54, 1.807) is 50.7 Å². The van der Waals surface area contributed by atoms with E-state index >= 15 is 0 Å². The van der Waals surface area contributed by atoms with Gasteiger partial charge in [0, 0.05) is 27.1 Å². The van der Waals surface area contributed by atoms with Crippen molar-refractivity contribution in [2.75, 3.05) is 30.0 Å². The Kier molecular flexibility index (Phi) is 8.91. The fourth-order valence-corrected chi connectivity index (χ4v) is 3.43. The zero-order valence-corrected chi connectivity index (χ0v) is 21.5. The van der Waals surface area contributed by atoms with Crippen LogP contribution in [0.5, 0.6) is 5.75 Å². The number of carboxylic acids is 1. The van der Waals surface area contributed by atoms with Crippen LogP contribution in [-0.4, -0.2) is 57.2 Å². The molecule has 2 aromatic carbocycles. The molecule has 4 aromatic rings. The number of aromatic nitrogens is 3. The predicted octanol–water partition coefficient (Wildman–Crippen LogP) is 3.86. The van der Waals surface area contributed by atoms with Crippen LogP contribution in [0.3, 0.4) is 0 Å². The molecule has 0 aliphatic rings. The molecule has 0 saturated carbocycles. The van der Waals surface area contributed by atoms with Crippen LogP contribution in [0.2, 0.25) is 0 Å². The van der Waals surface area contributed by atoms with Crippen molar-refractivity contribution in [3.63, 3.8) is 0 Å². The number of rotatable bonds is 12. The van der Waals surface area contributed by atoms with Gasteiger partial charge in [-0.3, -0.25) is 0 Å². The Balaban J connectivity index is 1.48. The van der Waals surface area contributed by atoms with Gasteiger partial charge in [-0.15, -0.1) is 0 Å². The highest BCUT2D eigenvalue weighted by atomic mass is 16.6. The number of nitrogens with one attached hydrogen (secondary N) is 3. The lowest BCUT2D eigenvalue weighted by atomic mass is 10.1. The number of nitrogens with zero attached hydrogens (tertiary/aromatic N) is 4. The number of carbonyl (C=O) groups is 2. The van der Waals surface area contributed by atoms with Gasteiger partial charge in [0.15, 0.2) is 0 Å². The Morgan fingerprint density at radius 3 is 2.15 bits per heavy atom. The molecule has 0 unspecified atom stereocenters. The summed E-state index contributed by atoms with van der Waals surface area (Å²) < 4.78 is 10.6. The number of aliphatic carboxylic acids is 1. The standard InChI is InChI=1S/C27H29N7O5/c1-34(2)27(37)39-20-12-10-18(11-13-20)15-22(23(35)36)30-26-32-24(28-16-19-7-4-3-5-8-19)31-25(33-26)29-17-21-9-6-14-38-21/h3-14,22H,15-17H2,1-2H3,(H,35,36)(H3,28,29,30,31,32,33)/t22-/m0/s1. The van der Waals surface area contributed by atoms with Crippen LogP contribution in [0.1, 0.15) is 16.9 Å². The van der Waals surface area contributed by atoms with Gasteiger partial charge in [-0.2, -0.15) is 15.0 Å². The van der Waals surface area contributed by atoms with E-state index in [1.165, 1.54) is 4.90 Å². The van der Waals surface area contributed by atoms with E-state index < -0.39 is 18.1 Å². The summed E-state index contributed by atoms with van der Waals surface area (Å²) in [5, 5.41) is 19.0. The van der Waals surface area contributed by atoms with Crippen LogP contribution in [0, 0.1) is 0 Å². The summed E-state index contributed by atoms with van der Waals surface area (Å²) in [4.78, 5) is 38.3. The highest BCUT2D eigenvalue weighted by molar-refractivity contribution is 5.77. The van der Waals surface area contributed by atoms with Gasteiger partial charge in [0.2, 0.25) is 17.8 Å². The average molecular weight is 532 g/mol. The maximum Gasteiger partial charge on any atom is 0.414 e. The lowest BCUT2D eigenvalue weighted by molar-refractivity contribution is -0.137. The fraction of sp³-hybridized carbons (Fsp3) is 0.222.